The molecule has 0 bridgehead atoms. The van der Waals surface area contributed by atoms with Crippen molar-refractivity contribution in [3.63, 3.8) is 0 Å². The van der Waals surface area contributed by atoms with Crippen LogP contribution in [-0.2, 0) is 17.9 Å². The summed E-state index contributed by atoms with van der Waals surface area (Å²) in [5.41, 5.74) is 4.45. The zero-order valence-electron chi connectivity index (χ0n) is 16.8. The molecule has 0 fully saturated rings. The second kappa shape index (κ2) is 9.23. The number of amides is 1. The normalized spacial score (nSPS) is 11.7. The zero-order chi connectivity index (χ0) is 19.9. The maximum atomic E-state index is 13.2. The summed E-state index contributed by atoms with van der Waals surface area (Å²) in [4.78, 5) is 15.1. The van der Waals surface area contributed by atoms with Crippen LogP contribution in [0.1, 0.15) is 29.2 Å². The van der Waals surface area contributed by atoms with Gasteiger partial charge in [0.2, 0.25) is 0 Å². The molecule has 1 amide bonds. The number of carbonyl (C=O) groups is 1. The maximum Gasteiger partial charge on any atom is 0.263 e. The molecule has 1 atom stereocenters. The van der Waals surface area contributed by atoms with Crippen LogP contribution in [0.25, 0.3) is 0 Å². The Labute approximate surface area is 167 Å². The number of benzene rings is 3. The third-order valence-electron chi connectivity index (χ3n) is 4.60. The molecule has 0 aliphatic carbocycles. The Balaban J connectivity index is 1.78. The summed E-state index contributed by atoms with van der Waals surface area (Å²) in [7, 11) is 0. The summed E-state index contributed by atoms with van der Waals surface area (Å²) in [5, 5.41) is 0. The maximum absolute atomic E-state index is 13.2. The van der Waals surface area contributed by atoms with Crippen molar-refractivity contribution in [2.75, 3.05) is 0 Å². The Morgan fingerprint density at radius 1 is 0.821 bits per heavy atom. The van der Waals surface area contributed by atoms with E-state index in [0.29, 0.717) is 13.1 Å². The number of rotatable bonds is 7. The van der Waals surface area contributed by atoms with E-state index in [4.69, 9.17) is 4.74 Å². The van der Waals surface area contributed by atoms with E-state index in [2.05, 4.69) is 6.07 Å². The van der Waals surface area contributed by atoms with Crippen LogP contribution in [-0.4, -0.2) is 16.9 Å². The molecule has 3 aromatic rings. The number of carbonyl (C=O) groups excluding carboxylic acids is 1. The summed E-state index contributed by atoms with van der Waals surface area (Å²) in [6.45, 7) is 6.99. The first-order valence-corrected chi connectivity index (χ1v) is 9.63. The first-order chi connectivity index (χ1) is 13.5. The highest BCUT2D eigenvalue weighted by Crippen LogP contribution is 2.19. The van der Waals surface area contributed by atoms with Gasteiger partial charge in [-0.2, -0.15) is 0 Å². The van der Waals surface area contributed by atoms with Gasteiger partial charge in [-0.15, -0.1) is 0 Å². The summed E-state index contributed by atoms with van der Waals surface area (Å²) >= 11 is 0. The van der Waals surface area contributed by atoms with Crippen molar-refractivity contribution in [2.45, 2.75) is 40.0 Å². The molecule has 0 unspecified atom stereocenters. The second-order valence-electron chi connectivity index (χ2n) is 7.25. The lowest BCUT2D eigenvalue weighted by atomic mass is 10.1. The molecule has 0 radical (unpaired) electrons. The number of hydrogen-bond acceptors (Lipinski definition) is 2. The van der Waals surface area contributed by atoms with Gasteiger partial charge in [0.05, 0.1) is 0 Å². The van der Waals surface area contributed by atoms with E-state index < -0.39 is 6.10 Å². The van der Waals surface area contributed by atoms with Crippen LogP contribution < -0.4 is 4.74 Å². The summed E-state index contributed by atoms with van der Waals surface area (Å²) < 4.78 is 6.00. The van der Waals surface area contributed by atoms with Gasteiger partial charge in [0, 0.05) is 13.1 Å². The summed E-state index contributed by atoms with van der Waals surface area (Å²) in [6, 6.07) is 26.2. The van der Waals surface area contributed by atoms with Crippen LogP contribution in [0.15, 0.2) is 78.9 Å². The third-order valence-corrected chi connectivity index (χ3v) is 4.60. The number of nitrogens with zero attached hydrogens (tertiary/aromatic N) is 1. The lowest BCUT2D eigenvalue weighted by Gasteiger charge is -2.26. The highest BCUT2D eigenvalue weighted by Gasteiger charge is 2.23. The van der Waals surface area contributed by atoms with Crippen LogP contribution in [0, 0.1) is 13.8 Å². The molecule has 0 N–H and O–H groups in total. The SMILES string of the molecule is Cc1cc(C)cc(O[C@H](C)C(=O)N(Cc2ccccc2)Cc2ccccc2)c1. The van der Waals surface area contributed by atoms with E-state index in [0.717, 1.165) is 28.0 Å². The Morgan fingerprint density at radius 2 is 1.29 bits per heavy atom. The lowest BCUT2D eigenvalue weighted by Crippen LogP contribution is -2.39. The molecule has 28 heavy (non-hydrogen) atoms. The Bertz CT molecular complexity index is 845. The van der Waals surface area contributed by atoms with E-state index in [1.54, 1.807) is 0 Å². The van der Waals surface area contributed by atoms with E-state index >= 15 is 0 Å². The van der Waals surface area contributed by atoms with Crippen LogP contribution in [0.4, 0.5) is 0 Å². The average molecular weight is 373 g/mol. The molecule has 144 valence electrons. The predicted molar refractivity (Wildman–Crippen MR) is 113 cm³/mol. The molecule has 0 aliphatic heterocycles. The van der Waals surface area contributed by atoms with E-state index in [1.807, 2.05) is 98.5 Å². The highest BCUT2D eigenvalue weighted by atomic mass is 16.5. The zero-order valence-corrected chi connectivity index (χ0v) is 16.8. The molecule has 0 saturated carbocycles. The van der Waals surface area contributed by atoms with Crippen molar-refractivity contribution in [1.82, 2.24) is 4.90 Å². The minimum atomic E-state index is -0.561. The van der Waals surface area contributed by atoms with Gasteiger partial charge in [0.15, 0.2) is 6.10 Å². The van der Waals surface area contributed by atoms with Crippen LogP contribution in [0.5, 0.6) is 5.75 Å². The molecule has 0 spiro atoms. The van der Waals surface area contributed by atoms with E-state index in [-0.39, 0.29) is 5.91 Å². The topological polar surface area (TPSA) is 29.5 Å². The quantitative estimate of drug-likeness (QED) is 0.562. The van der Waals surface area contributed by atoms with E-state index in [9.17, 15) is 4.79 Å². The molecule has 3 heteroatoms. The summed E-state index contributed by atoms with van der Waals surface area (Å²) in [6.07, 6.45) is -0.561. The van der Waals surface area contributed by atoms with Gasteiger partial charge in [-0.3, -0.25) is 4.79 Å². The van der Waals surface area contributed by atoms with Crippen LogP contribution in [0.2, 0.25) is 0 Å². The van der Waals surface area contributed by atoms with Crippen molar-refractivity contribution in [3.8, 4) is 5.75 Å². The number of aryl methyl sites for hydroxylation is 2. The first-order valence-electron chi connectivity index (χ1n) is 9.63. The largest absolute Gasteiger partial charge is 0.481 e. The molecule has 3 nitrogen and oxygen atoms in total. The standard InChI is InChI=1S/C25H27NO2/c1-19-14-20(2)16-24(15-19)28-21(3)25(27)26(17-22-10-6-4-7-11-22)18-23-12-8-5-9-13-23/h4-16,21H,17-18H2,1-3H3/t21-/m1/s1. The van der Waals surface area contributed by atoms with Crippen molar-refractivity contribution in [2.24, 2.45) is 0 Å². The average Bonchev–Trinajstić information content (AvgIpc) is 2.67. The minimum absolute atomic E-state index is 0.0214. The predicted octanol–water partition coefficient (Wildman–Crippen LogP) is 5.30. The van der Waals surface area contributed by atoms with Crippen molar-refractivity contribution in [3.05, 3.63) is 101 Å². The van der Waals surface area contributed by atoms with Gasteiger partial charge >= 0.3 is 0 Å². The fourth-order valence-electron chi connectivity index (χ4n) is 3.33. The minimum Gasteiger partial charge on any atom is -0.481 e. The van der Waals surface area contributed by atoms with Crippen LogP contribution >= 0.6 is 0 Å². The smallest absolute Gasteiger partial charge is 0.263 e. The Morgan fingerprint density at radius 3 is 1.75 bits per heavy atom. The molecule has 3 rings (SSSR count). The lowest BCUT2D eigenvalue weighted by molar-refractivity contribution is -0.139. The molecular weight excluding hydrogens is 346 g/mol. The van der Waals surface area contributed by atoms with Gasteiger partial charge in [-0.05, 0) is 55.2 Å². The Hall–Kier alpha value is -3.07. The van der Waals surface area contributed by atoms with Crippen molar-refractivity contribution in [1.29, 1.82) is 0 Å². The first kappa shape index (κ1) is 19.7. The summed E-state index contributed by atoms with van der Waals surface area (Å²) in [5.74, 6) is 0.713. The molecule has 0 heterocycles. The highest BCUT2D eigenvalue weighted by molar-refractivity contribution is 5.81. The van der Waals surface area contributed by atoms with Gasteiger partial charge in [0.1, 0.15) is 5.75 Å². The number of hydrogen-bond donors (Lipinski definition) is 0. The monoisotopic (exact) mass is 373 g/mol. The van der Waals surface area contributed by atoms with Crippen molar-refractivity contribution < 1.29 is 9.53 Å². The van der Waals surface area contributed by atoms with Gasteiger partial charge in [-0.1, -0.05) is 66.7 Å². The third kappa shape index (κ3) is 5.46. The fourth-order valence-corrected chi connectivity index (χ4v) is 3.33. The molecule has 0 saturated heterocycles. The molecule has 0 aromatic heterocycles. The van der Waals surface area contributed by atoms with Crippen molar-refractivity contribution >= 4 is 5.91 Å². The molecule has 3 aromatic carbocycles. The van der Waals surface area contributed by atoms with Gasteiger partial charge in [0.25, 0.3) is 5.91 Å². The van der Waals surface area contributed by atoms with Gasteiger partial charge in [-0.25, -0.2) is 0 Å². The number of ether oxygens (including phenoxy) is 1. The fraction of sp³-hybridized carbons (Fsp3) is 0.240. The molecular formula is C25H27NO2. The second-order valence-corrected chi connectivity index (χ2v) is 7.25. The van der Waals surface area contributed by atoms with Gasteiger partial charge < -0.3 is 9.64 Å². The van der Waals surface area contributed by atoms with E-state index in [1.165, 1.54) is 0 Å². The Kier molecular flexibility index (Phi) is 6.49. The van der Waals surface area contributed by atoms with Crippen LogP contribution in [0.3, 0.4) is 0 Å². The molecule has 0 aliphatic rings.